The van der Waals surface area contributed by atoms with Gasteiger partial charge in [0.25, 0.3) is 5.91 Å². The third-order valence-corrected chi connectivity index (χ3v) is 3.84. The van der Waals surface area contributed by atoms with Gasteiger partial charge in [0.05, 0.1) is 12.3 Å². The van der Waals surface area contributed by atoms with Gasteiger partial charge < -0.3 is 14.8 Å². The molecule has 1 N–H and O–H groups in total. The fraction of sp³-hybridized carbons (Fsp3) is 0.250. The Kier molecular flexibility index (Phi) is 5.55. The molecule has 116 valence electrons. The summed E-state index contributed by atoms with van der Waals surface area (Å²) in [4.78, 5) is 24.2. The van der Waals surface area contributed by atoms with Crippen molar-refractivity contribution in [2.75, 3.05) is 18.5 Å². The minimum absolute atomic E-state index is 0.337. The molecule has 1 amide bonds. The number of carbonyl (C=O) groups is 2. The second-order valence-electron chi connectivity index (χ2n) is 4.49. The molecular weight excluding hydrogens is 302 g/mol. The fourth-order valence-corrected chi connectivity index (χ4v) is 2.63. The summed E-state index contributed by atoms with van der Waals surface area (Å²) in [6, 6.07) is 8.94. The van der Waals surface area contributed by atoms with Crippen molar-refractivity contribution in [3.05, 3.63) is 46.2 Å². The Bertz CT molecular complexity index is 666. The summed E-state index contributed by atoms with van der Waals surface area (Å²) in [6.45, 7) is 3.85. The van der Waals surface area contributed by atoms with Crippen LogP contribution in [0.1, 0.15) is 22.2 Å². The second kappa shape index (κ2) is 7.61. The van der Waals surface area contributed by atoms with Crippen molar-refractivity contribution in [2.24, 2.45) is 0 Å². The number of thiophene rings is 1. The van der Waals surface area contributed by atoms with Gasteiger partial charge in [0, 0.05) is 0 Å². The average Bonchev–Trinajstić information content (AvgIpc) is 2.93. The molecule has 0 saturated carbocycles. The number of hydrogen-bond donors (Lipinski definition) is 1. The molecule has 0 aliphatic rings. The van der Waals surface area contributed by atoms with E-state index in [1.807, 2.05) is 31.4 Å². The van der Waals surface area contributed by atoms with E-state index in [4.69, 9.17) is 9.47 Å². The number of amides is 1. The lowest BCUT2D eigenvalue weighted by molar-refractivity contribution is -0.119. The van der Waals surface area contributed by atoms with E-state index < -0.39 is 11.9 Å². The normalized spacial score (nSPS) is 10.1. The molecule has 0 bridgehead atoms. The molecule has 6 heteroatoms. The predicted molar refractivity (Wildman–Crippen MR) is 85.6 cm³/mol. The molecule has 2 aromatic rings. The maximum absolute atomic E-state index is 11.9. The van der Waals surface area contributed by atoms with Crippen LogP contribution in [0.5, 0.6) is 5.75 Å². The van der Waals surface area contributed by atoms with Crippen molar-refractivity contribution in [1.82, 2.24) is 0 Å². The maximum atomic E-state index is 11.9. The highest BCUT2D eigenvalue weighted by molar-refractivity contribution is 7.12. The number of esters is 1. The van der Waals surface area contributed by atoms with E-state index in [9.17, 15) is 9.59 Å². The molecular formula is C16H17NO4S. The van der Waals surface area contributed by atoms with E-state index in [0.29, 0.717) is 22.9 Å². The Morgan fingerprint density at radius 1 is 1.23 bits per heavy atom. The van der Waals surface area contributed by atoms with Gasteiger partial charge in [0.15, 0.2) is 6.61 Å². The summed E-state index contributed by atoms with van der Waals surface area (Å²) in [5, 5.41) is 4.48. The second-order valence-corrected chi connectivity index (χ2v) is 5.40. The Morgan fingerprint density at radius 2 is 2.00 bits per heavy atom. The van der Waals surface area contributed by atoms with E-state index in [1.54, 1.807) is 18.2 Å². The van der Waals surface area contributed by atoms with Crippen LogP contribution in [0.2, 0.25) is 0 Å². The number of anilines is 1. The third-order valence-electron chi connectivity index (χ3n) is 2.84. The first-order valence-corrected chi connectivity index (χ1v) is 7.72. The number of rotatable bonds is 6. The molecule has 0 aliphatic heterocycles. The van der Waals surface area contributed by atoms with Crippen LogP contribution in [-0.4, -0.2) is 25.1 Å². The summed E-state index contributed by atoms with van der Waals surface area (Å²) in [7, 11) is 0. The molecule has 0 saturated heterocycles. The molecule has 22 heavy (non-hydrogen) atoms. The summed E-state index contributed by atoms with van der Waals surface area (Å²) in [5.41, 5.74) is 1.40. The van der Waals surface area contributed by atoms with Crippen molar-refractivity contribution in [2.45, 2.75) is 13.8 Å². The van der Waals surface area contributed by atoms with Crippen molar-refractivity contribution in [3.63, 3.8) is 0 Å². The van der Waals surface area contributed by atoms with Gasteiger partial charge in [-0.25, -0.2) is 4.79 Å². The monoisotopic (exact) mass is 319 g/mol. The van der Waals surface area contributed by atoms with Crippen LogP contribution in [-0.2, 0) is 9.53 Å². The van der Waals surface area contributed by atoms with Crippen LogP contribution in [0.3, 0.4) is 0 Å². The Labute approximate surface area is 132 Å². The highest BCUT2D eigenvalue weighted by Crippen LogP contribution is 2.23. The number of nitrogens with one attached hydrogen (secondary N) is 1. The zero-order valence-corrected chi connectivity index (χ0v) is 13.2. The number of ether oxygens (including phenoxy) is 2. The van der Waals surface area contributed by atoms with Gasteiger partial charge in [-0.3, -0.25) is 4.79 Å². The van der Waals surface area contributed by atoms with Crippen LogP contribution >= 0.6 is 11.3 Å². The molecule has 1 aromatic carbocycles. The van der Waals surface area contributed by atoms with Gasteiger partial charge in [-0.05, 0) is 43.0 Å². The lowest BCUT2D eigenvalue weighted by Gasteiger charge is -2.11. The number of aryl methyl sites for hydroxylation is 1. The molecule has 0 atom stereocenters. The SMILES string of the molecule is CCOc1ccccc1NC(=O)COC(=O)c1sccc1C. The fourth-order valence-electron chi connectivity index (χ4n) is 1.82. The van der Waals surface area contributed by atoms with Crippen LogP contribution in [0.4, 0.5) is 5.69 Å². The Hall–Kier alpha value is -2.34. The molecule has 1 aromatic heterocycles. The lowest BCUT2D eigenvalue weighted by atomic mass is 10.3. The third kappa shape index (κ3) is 4.08. The molecule has 0 unspecified atom stereocenters. The van der Waals surface area contributed by atoms with E-state index in [2.05, 4.69) is 5.32 Å². The van der Waals surface area contributed by atoms with Gasteiger partial charge in [0.1, 0.15) is 10.6 Å². The first-order chi connectivity index (χ1) is 10.6. The first kappa shape index (κ1) is 16.0. The zero-order chi connectivity index (χ0) is 15.9. The molecule has 0 aliphatic carbocycles. The smallest absolute Gasteiger partial charge is 0.349 e. The lowest BCUT2D eigenvalue weighted by Crippen LogP contribution is -2.21. The highest BCUT2D eigenvalue weighted by atomic mass is 32.1. The number of hydrogen-bond acceptors (Lipinski definition) is 5. The van der Waals surface area contributed by atoms with Gasteiger partial charge in [-0.15, -0.1) is 11.3 Å². The topological polar surface area (TPSA) is 64.6 Å². The number of carbonyl (C=O) groups excluding carboxylic acids is 2. The highest BCUT2D eigenvalue weighted by Gasteiger charge is 2.14. The van der Waals surface area contributed by atoms with Gasteiger partial charge in [-0.1, -0.05) is 12.1 Å². The van der Waals surface area contributed by atoms with Crippen molar-refractivity contribution in [1.29, 1.82) is 0 Å². The molecule has 0 fully saturated rings. The molecule has 5 nitrogen and oxygen atoms in total. The summed E-state index contributed by atoms with van der Waals surface area (Å²) in [5.74, 6) is -0.311. The van der Waals surface area contributed by atoms with Crippen LogP contribution < -0.4 is 10.1 Å². The molecule has 1 heterocycles. The molecule has 0 spiro atoms. The quantitative estimate of drug-likeness (QED) is 0.830. The van der Waals surface area contributed by atoms with Crippen molar-refractivity contribution >= 4 is 28.9 Å². The van der Waals surface area contributed by atoms with E-state index in [0.717, 1.165) is 5.56 Å². The van der Waals surface area contributed by atoms with Crippen molar-refractivity contribution in [3.8, 4) is 5.75 Å². The largest absolute Gasteiger partial charge is 0.492 e. The Morgan fingerprint density at radius 3 is 2.68 bits per heavy atom. The van der Waals surface area contributed by atoms with Crippen molar-refractivity contribution < 1.29 is 19.1 Å². The summed E-state index contributed by atoms with van der Waals surface area (Å²) >= 11 is 1.30. The van der Waals surface area contributed by atoms with E-state index in [-0.39, 0.29) is 6.61 Å². The predicted octanol–water partition coefficient (Wildman–Crippen LogP) is 3.25. The molecule has 0 radical (unpaired) electrons. The number of benzene rings is 1. The summed E-state index contributed by atoms with van der Waals surface area (Å²) in [6.07, 6.45) is 0. The zero-order valence-electron chi connectivity index (χ0n) is 12.4. The van der Waals surface area contributed by atoms with Gasteiger partial charge in [0.2, 0.25) is 0 Å². The number of para-hydroxylation sites is 2. The Balaban J connectivity index is 1.91. The van der Waals surface area contributed by atoms with Gasteiger partial charge in [-0.2, -0.15) is 0 Å². The summed E-state index contributed by atoms with van der Waals surface area (Å²) < 4.78 is 10.4. The van der Waals surface area contributed by atoms with Crippen LogP contribution in [0.25, 0.3) is 0 Å². The van der Waals surface area contributed by atoms with E-state index >= 15 is 0 Å². The van der Waals surface area contributed by atoms with E-state index in [1.165, 1.54) is 11.3 Å². The van der Waals surface area contributed by atoms with Crippen LogP contribution in [0, 0.1) is 6.92 Å². The maximum Gasteiger partial charge on any atom is 0.349 e. The molecule has 2 rings (SSSR count). The van der Waals surface area contributed by atoms with Gasteiger partial charge >= 0.3 is 5.97 Å². The van der Waals surface area contributed by atoms with Crippen LogP contribution in [0.15, 0.2) is 35.7 Å². The average molecular weight is 319 g/mol. The minimum Gasteiger partial charge on any atom is -0.492 e. The first-order valence-electron chi connectivity index (χ1n) is 6.84. The standard InChI is InChI=1S/C16H17NO4S/c1-3-20-13-7-5-4-6-12(13)17-14(18)10-21-16(19)15-11(2)8-9-22-15/h4-9H,3,10H2,1-2H3,(H,17,18). The minimum atomic E-state index is -0.485.